The van der Waals surface area contributed by atoms with Gasteiger partial charge >= 0.3 is 0 Å². The van der Waals surface area contributed by atoms with Crippen LogP contribution in [0.15, 0.2) is 17.5 Å². The Morgan fingerprint density at radius 1 is 1.14 bits per heavy atom. The van der Waals surface area contributed by atoms with Crippen molar-refractivity contribution in [2.75, 3.05) is 6.54 Å². The van der Waals surface area contributed by atoms with Gasteiger partial charge in [-0.25, -0.2) is 4.98 Å². The molecule has 3 aliphatic rings. The topological polar surface area (TPSA) is 142 Å². The van der Waals surface area contributed by atoms with E-state index >= 15 is 0 Å². The lowest BCUT2D eigenvalue weighted by atomic mass is 9.53. The number of rotatable bonds is 8. The van der Waals surface area contributed by atoms with Gasteiger partial charge in [0.25, 0.3) is 0 Å². The number of hydrogen-bond donors (Lipinski definition) is 3. The molecule has 4 atom stereocenters. The van der Waals surface area contributed by atoms with Crippen LogP contribution in [0.3, 0.4) is 0 Å². The smallest absolute Gasteiger partial charge is 0.225 e. The highest BCUT2D eigenvalue weighted by Gasteiger charge is 2.82. The number of allylic oxidation sites excluding steroid dienone is 2. The third-order valence-electron chi connectivity index (χ3n) is 7.42. The van der Waals surface area contributed by atoms with E-state index in [4.69, 9.17) is 17.2 Å². The number of nitrogens with two attached hydrogens (primary N) is 3. The monoisotopic (exact) mass is 402 g/mol. The summed E-state index contributed by atoms with van der Waals surface area (Å²) in [6.45, 7) is 1.86. The van der Waals surface area contributed by atoms with Gasteiger partial charge in [0.05, 0.1) is 15.8 Å². The van der Waals surface area contributed by atoms with Gasteiger partial charge < -0.3 is 17.2 Å². The van der Waals surface area contributed by atoms with Crippen LogP contribution in [0.5, 0.6) is 0 Å². The zero-order valence-corrected chi connectivity index (χ0v) is 16.8. The van der Waals surface area contributed by atoms with Crippen LogP contribution >= 0.6 is 11.3 Å². The molecule has 3 aliphatic carbocycles. The minimum absolute atomic E-state index is 0.103. The molecule has 2 fully saturated rings. The van der Waals surface area contributed by atoms with E-state index in [-0.39, 0.29) is 29.5 Å². The molecule has 6 N–H and O–H groups in total. The van der Waals surface area contributed by atoms with Gasteiger partial charge in [-0.15, -0.1) is 11.3 Å². The van der Waals surface area contributed by atoms with Gasteiger partial charge in [-0.1, -0.05) is 12.2 Å². The molecule has 0 unspecified atom stereocenters. The van der Waals surface area contributed by atoms with E-state index in [1.54, 1.807) is 5.38 Å². The maximum Gasteiger partial charge on any atom is 0.225 e. The molecule has 7 nitrogen and oxygen atoms in total. The summed E-state index contributed by atoms with van der Waals surface area (Å²) in [4.78, 5) is 42.2. The first-order chi connectivity index (χ1) is 13.3. The standard InChI is InChI=1S/C20H26N4O3S/c1-11(25)12-10-28-15(24-12)9-20(17(23)27)14-4-3-13(18(14)6-7-18)19(20,16(22)26)5-2-8-21/h3-4,10,13-14H,2,5-9,21H2,1H3,(H2,22,26)(H2,23,27)/t13-,14+,19+,20+/m1/s1. The molecule has 1 heterocycles. The van der Waals surface area contributed by atoms with E-state index < -0.39 is 22.6 Å². The van der Waals surface area contributed by atoms with Crippen molar-refractivity contribution in [3.63, 3.8) is 0 Å². The molecule has 1 aromatic heterocycles. The third-order valence-corrected chi connectivity index (χ3v) is 8.27. The summed E-state index contributed by atoms with van der Waals surface area (Å²) in [7, 11) is 0. The summed E-state index contributed by atoms with van der Waals surface area (Å²) in [6.07, 6.45) is 7.29. The molecule has 2 saturated carbocycles. The second-order valence-corrected chi connectivity index (χ2v) is 9.44. The molecule has 28 heavy (non-hydrogen) atoms. The van der Waals surface area contributed by atoms with Gasteiger partial charge in [0, 0.05) is 18.7 Å². The highest BCUT2D eigenvalue weighted by molar-refractivity contribution is 7.09. The maximum atomic E-state index is 13.1. The van der Waals surface area contributed by atoms with Crippen molar-refractivity contribution in [1.29, 1.82) is 0 Å². The summed E-state index contributed by atoms with van der Waals surface area (Å²) >= 11 is 1.32. The molecular weight excluding hydrogens is 376 g/mol. The minimum Gasteiger partial charge on any atom is -0.369 e. The highest BCUT2D eigenvalue weighted by atomic mass is 32.1. The van der Waals surface area contributed by atoms with E-state index in [1.165, 1.54) is 18.3 Å². The predicted molar refractivity (Wildman–Crippen MR) is 105 cm³/mol. The largest absolute Gasteiger partial charge is 0.369 e. The minimum atomic E-state index is -1.14. The van der Waals surface area contributed by atoms with Crippen molar-refractivity contribution < 1.29 is 14.4 Å². The van der Waals surface area contributed by atoms with Crippen LogP contribution in [0.4, 0.5) is 0 Å². The number of primary amides is 2. The molecule has 2 bridgehead atoms. The molecule has 8 heteroatoms. The average molecular weight is 403 g/mol. The number of ketones is 1. The molecule has 0 radical (unpaired) electrons. The lowest BCUT2D eigenvalue weighted by molar-refractivity contribution is -0.151. The Kier molecular flexibility index (Phi) is 4.28. The fourth-order valence-corrected chi connectivity index (χ4v) is 7.13. The fourth-order valence-electron chi connectivity index (χ4n) is 6.21. The predicted octanol–water partition coefficient (Wildman–Crippen LogP) is 1.17. The van der Waals surface area contributed by atoms with Crippen LogP contribution in [-0.2, 0) is 16.0 Å². The van der Waals surface area contributed by atoms with Gasteiger partial charge in [-0.05, 0) is 49.5 Å². The van der Waals surface area contributed by atoms with Gasteiger partial charge in [0.1, 0.15) is 5.69 Å². The lowest BCUT2D eigenvalue weighted by Gasteiger charge is -2.47. The first-order valence-electron chi connectivity index (χ1n) is 9.70. The Balaban J connectivity index is 1.88. The number of Topliss-reactive ketones (excluding diaryl/α,β-unsaturated/α-hetero) is 1. The van der Waals surface area contributed by atoms with Crippen molar-refractivity contribution in [1.82, 2.24) is 4.98 Å². The number of amides is 2. The fraction of sp³-hybridized carbons (Fsp3) is 0.600. The van der Waals surface area contributed by atoms with Crippen LogP contribution in [0, 0.1) is 28.1 Å². The Hall–Kier alpha value is -2.06. The summed E-state index contributed by atoms with van der Waals surface area (Å²) in [5, 5.41) is 2.33. The Morgan fingerprint density at radius 3 is 2.21 bits per heavy atom. The second kappa shape index (κ2) is 6.22. The SMILES string of the molecule is CC(=O)c1csc(C[C@@]2(C(N)=O)[C@H]3C=C[C@H](C34CC4)[C@@]2(CCCN)C(N)=O)n1. The van der Waals surface area contributed by atoms with Gasteiger partial charge in [0.15, 0.2) is 5.78 Å². The normalized spacial score (nSPS) is 34.1. The van der Waals surface area contributed by atoms with E-state index in [0.29, 0.717) is 30.1 Å². The maximum absolute atomic E-state index is 13.1. The Bertz CT molecular complexity index is 890. The molecule has 4 rings (SSSR count). The summed E-state index contributed by atoms with van der Waals surface area (Å²) in [5.41, 5.74) is 15.9. The molecule has 2 amide bonds. The molecule has 150 valence electrons. The van der Waals surface area contributed by atoms with Crippen LogP contribution in [0.2, 0.25) is 0 Å². The van der Waals surface area contributed by atoms with Gasteiger partial charge in [-0.3, -0.25) is 14.4 Å². The van der Waals surface area contributed by atoms with Gasteiger partial charge in [-0.2, -0.15) is 0 Å². The number of nitrogens with zero attached hydrogens (tertiary/aromatic N) is 1. The molecule has 0 aromatic carbocycles. The third kappa shape index (κ3) is 2.18. The number of carbonyl (C=O) groups is 3. The van der Waals surface area contributed by atoms with Crippen LogP contribution < -0.4 is 17.2 Å². The van der Waals surface area contributed by atoms with Crippen LogP contribution in [0.25, 0.3) is 0 Å². The van der Waals surface area contributed by atoms with Crippen molar-refractivity contribution in [2.45, 2.75) is 39.0 Å². The van der Waals surface area contributed by atoms with Crippen LogP contribution in [0.1, 0.15) is 48.1 Å². The number of thiazole rings is 1. The summed E-state index contributed by atoms with van der Waals surface area (Å²) in [6, 6.07) is 0. The Labute approximate surface area is 167 Å². The lowest BCUT2D eigenvalue weighted by Crippen LogP contribution is -2.60. The van der Waals surface area contributed by atoms with Crippen molar-refractivity contribution >= 4 is 28.9 Å². The summed E-state index contributed by atoms with van der Waals surface area (Å²) < 4.78 is 0. The number of aromatic nitrogens is 1. The highest BCUT2D eigenvalue weighted by Crippen LogP contribution is 2.81. The number of hydrogen-bond acceptors (Lipinski definition) is 6. The average Bonchev–Trinajstić information content (AvgIpc) is 3.05. The van der Waals surface area contributed by atoms with E-state index in [9.17, 15) is 14.4 Å². The van der Waals surface area contributed by atoms with Gasteiger partial charge in [0.2, 0.25) is 11.8 Å². The first-order valence-corrected chi connectivity index (χ1v) is 10.6. The summed E-state index contributed by atoms with van der Waals surface area (Å²) in [5.74, 6) is -1.37. The van der Waals surface area contributed by atoms with E-state index in [0.717, 1.165) is 12.8 Å². The van der Waals surface area contributed by atoms with Crippen molar-refractivity contribution in [2.24, 2.45) is 45.3 Å². The molecule has 1 aromatic rings. The molecule has 1 spiro atoms. The quantitative estimate of drug-likeness (QED) is 0.442. The molecule has 0 saturated heterocycles. The number of carbonyl (C=O) groups excluding carboxylic acids is 3. The zero-order chi connectivity index (χ0) is 20.3. The van der Waals surface area contributed by atoms with E-state index in [2.05, 4.69) is 17.1 Å². The molecular formula is C20H26N4O3S. The van der Waals surface area contributed by atoms with Crippen molar-refractivity contribution in [3.05, 3.63) is 28.2 Å². The molecule has 0 aliphatic heterocycles. The zero-order valence-electron chi connectivity index (χ0n) is 15.9. The second-order valence-electron chi connectivity index (χ2n) is 8.50. The Morgan fingerprint density at radius 2 is 1.75 bits per heavy atom. The first kappa shape index (κ1) is 19.3. The van der Waals surface area contributed by atoms with Crippen molar-refractivity contribution in [3.8, 4) is 0 Å². The van der Waals surface area contributed by atoms with E-state index in [1.807, 2.05) is 0 Å². The van der Waals surface area contributed by atoms with Crippen LogP contribution in [-0.4, -0.2) is 29.1 Å².